The van der Waals surface area contributed by atoms with Crippen LogP contribution in [0.1, 0.15) is 71.7 Å². The fourth-order valence-electron chi connectivity index (χ4n) is 5.74. The third-order valence-corrected chi connectivity index (χ3v) is 8.08. The second kappa shape index (κ2) is 12.2. The Labute approximate surface area is 267 Å². The fourth-order valence-corrected chi connectivity index (χ4v) is 6.03. The predicted molar refractivity (Wildman–Crippen MR) is 166 cm³/mol. The van der Waals surface area contributed by atoms with Crippen molar-refractivity contribution in [1.29, 1.82) is 0 Å². The lowest BCUT2D eigenvalue weighted by Gasteiger charge is -2.40. The van der Waals surface area contributed by atoms with Crippen molar-refractivity contribution in [3.8, 4) is 22.8 Å². The van der Waals surface area contributed by atoms with E-state index < -0.39 is 35.3 Å². The lowest BCUT2D eigenvalue weighted by atomic mass is 10.0. The molecule has 3 aliphatic rings. The van der Waals surface area contributed by atoms with Gasteiger partial charge in [0.25, 0.3) is 5.91 Å². The number of halogens is 2. The van der Waals surface area contributed by atoms with Gasteiger partial charge in [0.1, 0.15) is 51.5 Å². The lowest BCUT2D eigenvalue weighted by molar-refractivity contribution is 0.000935. The van der Waals surface area contributed by atoms with Crippen molar-refractivity contribution in [2.75, 3.05) is 37.7 Å². The van der Waals surface area contributed by atoms with Crippen LogP contribution in [0.5, 0.6) is 11.5 Å². The number of nitrogens with zero attached hydrogens (tertiary/aromatic N) is 4. The van der Waals surface area contributed by atoms with Gasteiger partial charge in [-0.25, -0.2) is 19.0 Å². The highest BCUT2D eigenvalue weighted by atomic mass is 35.5. The summed E-state index contributed by atoms with van der Waals surface area (Å²) in [4.78, 5) is 49.8. The summed E-state index contributed by atoms with van der Waals surface area (Å²) in [6.07, 6.45) is 0.246. The summed E-state index contributed by atoms with van der Waals surface area (Å²) in [7, 11) is 0. The van der Waals surface area contributed by atoms with E-state index in [4.69, 9.17) is 35.5 Å². The number of hydrogen-bond acceptors (Lipinski definition) is 9. The highest BCUT2D eigenvalue weighted by Crippen LogP contribution is 2.47. The normalized spacial score (nSPS) is 20.2. The SMILES string of the molecule is C[C@H]1CCCN1c1nc(-c2c(F)cccc2OC(=O)OC(C)(C)C)c(Cl)c2c1C(=O)N1CCN(C(=O)OC(C)(C)C)C[C@@H]1CO2. The van der Waals surface area contributed by atoms with Crippen molar-refractivity contribution >= 4 is 35.6 Å². The van der Waals surface area contributed by atoms with Gasteiger partial charge in [0.15, 0.2) is 5.75 Å². The summed E-state index contributed by atoms with van der Waals surface area (Å²) in [6, 6.07) is 3.56. The number of carbonyl (C=O) groups excluding carboxylic acids is 3. The number of carbonyl (C=O) groups is 3. The zero-order valence-corrected chi connectivity index (χ0v) is 27.5. The summed E-state index contributed by atoms with van der Waals surface area (Å²) >= 11 is 6.95. The summed E-state index contributed by atoms with van der Waals surface area (Å²) in [5.41, 5.74) is -1.54. The molecule has 0 unspecified atom stereocenters. The van der Waals surface area contributed by atoms with E-state index in [0.29, 0.717) is 12.4 Å². The molecule has 2 aromatic rings. The average molecular weight is 647 g/mol. The zero-order chi connectivity index (χ0) is 32.8. The van der Waals surface area contributed by atoms with Gasteiger partial charge in [0.05, 0.1) is 11.6 Å². The number of aromatic nitrogens is 1. The molecule has 0 aliphatic carbocycles. The first kappa shape index (κ1) is 32.6. The van der Waals surface area contributed by atoms with Crippen molar-refractivity contribution < 1.29 is 37.7 Å². The Hall–Kier alpha value is -3.80. The molecule has 5 rings (SSSR count). The van der Waals surface area contributed by atoms with Gasteiger partial charge in [-0.05, 0) is 73.4 Å². The molecule has 45 heavy (non-hydrogen) atoms. The summed E-state index contributed by atoms with van der Waals surface area (Å²) in [6.45, 7) is 13.8. The molecule has 2 amide bonds. The highest BCUT2D eigenvalue weighted by molar-refractivity contribution is 6.35. The van der Waals surface area contributed by atoms with Crippen LogP contribution in [-0.2, 0) is 9.47 Å². The second-order valence-corrected chi connectivity index (χ2v) is 13.9. The van der Waals surface area contributed by atoms with E-state index in [1.54, 1.807) is 51.3 Å². The van der Waals surface area contributed by atoms with E-state index in [1.807, 2.05) is 11.8 Å². The standard InChI is InChI=1S/C32H40ClFN4O7/c1-18-10-9-13-37(18)27-23-26(42-17-19-16-36(14-15-38(19)28(23)39)29(40)44-31(2,3)4)24(33)25(35-27)22-20(34)11-8-12-21(22)43-30(41)45-32(5,6)7/h8,11-12,18-19H,9-10,13-17H2,1-7H3/t18-,19+/m0/s1. The summed E-state index contributed by atoms with van der Waals surface area (Å²) < 4.78 is 38.2. The van der Waals surface area contributed by atoms with Crippen molar-refractivity contribution in [2.24, 2.45) is 0 Å². The van der Waals surface area contributed by atoms with E-state index in [1.165, 1.54) is 18.2 Å². The molecule has 3 aliphatic heterocycles. The number of ether oxygens (including phenoxy) is 4. The quantitative estimate of drug-likeness (QED) is 0.280. The molecular formula is C32H40ClFN4O7. The van der Waals surface area contributed by atoms with Gasteiger partial charge in [0.2, 0.25) is 0 Å². The summed E-state index contributed by atoms with van der Waals surface area (Å²) in [5.74, 6) is -0.864. The number of piperazine rings is 1. The minimum Gasteiger partial charge on any atom is -0.489 e. The van der Waals surface area contributed by atoms with Gasteiger partial charge in [0, 0.05) is 32.2 Å². The van der Waals surface area contributed by atoms with Crippen LogP contribution in [0.15, 0.2) is 18.2 Å². The molecule has 13 heteroatoms. The van der Waals surface area contributed by atoms with Gasteiger partial charge in [-0.1, -0.05) is 17.7 Å². The van der Waals surface area contributed by atoms with Gasteiger partial charge >= 0.3 is 12.2 Å². The Bertz CT molecular complexity index is 1510. The molecule has 2 fully saturated rings. The molecule has 244 valence electrons. The number of pyridine rings is 1. The van der Waals surface area contributed by atoms with Crippen LogP contribution in [0.2, 0.25) is 5.02 Å². The molecule has 1 aromatic carbocycles. The first-order valence-electron chi connectivity index (χ1n) is 15.2. The number of fused-ring (bicyclic) bond motifs is 2. The topological polar surface area (TPSA) is 111 Å². The minimum absolute atomic E-state index is 0.0226. The third kappa shape index (κ3) is 6.90. The number of hydrogen-bond donors (Lipinski definition) is 0. The number of amides is 2. The largest absolute Gasteiger partial charge is 0.514 e. The average Bonchev–Trinajstić information content (AvgIpc) is 3.29. The van der Waals surface area contributed by atoms with Crippen LogP contribution in [0.25, 0.3) is 11.3 Å². The maximum absolute atomic E-state index is 15.6. The van der Waals surface area contributed by atoms with Crippen molar-refractivity contribution in [3.05, 3.63) is 34.6 Å². The molecule has 0 spiro atoms. The maximum Gasteiger partial charge on any atom is 0.514 e. The highest BCUT2D eigenvalue weighted by Gasteiger charge is 2.42. The van der Waals surface area contributed by atoms with Crippen molar-refractivity contribution in [3.63, 3.8) is 0 Å². The molecule has 11 nitrogen and oxygen atoms in total. The van der Waals surface area contributed by atoms with E-state index in [9.17, 15) is 14.4 Å². The Morgan fingerprint density at radius 3 is 2.38 bits per heavy atom. The molecule has 2 saturated heterocycles. The van der Waals surface area contributed by atoms with E-state index in [2.05, 4.69) is 0 Å². The molecule has 0 N–H and O–H groups in total. The fraction of sp³-hybridized carbons (Fsp3) is 0.562. The van der Waals surface area contributed by atoms with Crippen molar-refractivity contribution in [2.45, 2.75) is 84.6 Å². The first-order valence-corrected chi connectivity index (χ1v) is 15.5. The first-order chi connectivity index (χ1) is 21.0. The van der Waals surface area contributed by atoms with Gasteiger partial charge in [-0.3, -0.25) is 4.79 Å². The molecule has 1 aromatic heterocycles. The monoisotopic (exact) mass is 646 g/mol. The van der Waals surface area contributed by atoms with Crippen LogP contribution < -0.4 is 14.4 Å². The Morgan fingerprint density at radius 2 is 1.73 bits per heavy atom. The van der Waals surface area contributed by atoms with E-state index in [0.717, 1.165) is 12.8 Å². The van der Waals surface area contributed by atoms with Crippen LogP contribution >= 0.6 is 11.6 Å². The maximum atomic E-state index is 15.6. The predicted octanol–water partition coefficient (Wildman–Crippen LogP) is 6.30. The van der Waals surface area contributed by atoms with Gasteiger partial charge < -0.3 is 33.6 Å². The summed E-state index contributed by atoms with van der Waals surface area (Å²) in [5, 5.41) is -0.100. The zero-order valence-electron chi connectivity index (χ0n) is 26.7. The smallest absolute Gasteiger partial charge is 0.489 e. The second-order valence-electron chi connectivity index (χ2n) is 13.6. The Morgan fingerprint density at radius 1 is 1.02 bits per heavy atom. The van der Waals surface area contributed by atoms with Crippen LogP contribution in [0.3, 0.4) is 0 Å². The molecule has 4 heterocycles. The van der Waals surface area contributed by atoms with Crippen LogP contribution in [0, 0.1) is 5.82 Å². The Kier molecular flexibility index (Phi) is 8.82. The van der Waals surface area contributed by atoms with Gasteiger partial charge in [-0.15, -0.1) is 0 Å². The molecule has 0 bridgehead atoms. The van der Waals surface area contributed by atoms with Gasteiger partial charge in [-0.2, -0.15) is 0 Å². The molecular weight excluding hydrogens is 607 g/mol. The molecule has 0 saturated carbocycles. The number of anilines is 1. The minimum atomic E-state index is -1.02. The van der Waals surface area contributed by atoms with E-state index in [-0.39, 0.29) is 71.5 Å². The van der Waals surface area contributed by atoms with E-state index >= 15 is 4.39 Å². The molecule has 0 radical (unpaired) electrons. The third-order valence-electron chi connectivity index (χ3n) is 7.72. The van der Waals surface area contributed by atoms with Crippen LogP contribution in [0.4, 0.5) is 19.8 Å². The number of rotatable bonds is 3. The lowest BCUT2D eigenvalue weighted by Crippen LogP contribution is -2.58. The number of benzene rings is 1. The van der Waals surface area contributed by atoms with Crippen LogP contribution in [-0.4, -0.2) is 89.0 Å². The molecule has 2 atom stereocenters. The van der Waals surface area contributed by atoms with Crippen molar-refractivity contribution in [1.82, 2.24) is 14.8 Å². The Balaban J connectivity index is 1.58.